The normalized spacial score (nSPS) is 14.7. The Morgan fingerprint density at radius 2 is 1.85 bits per heavy atom. The molecule has 0 bridgehead atoms. The second-order valence-corrected chi connectivity index (χ2v) is 7.92. The molecule has 1 atom stereocenters. The quantitative estimate of drug-likeness (QED) is 0.532. The van der Waals surface area contributed by atoms with Crippen molar-refractivity contribution in [3.63, 3.8) is 0 Å². The van der Waals surface area contributed by atoms with Crippen molar-refractivity contribution in [2.45, 2.75) is 38.0 Å². The minimum absolute atomic E-state index is 0.0359. The second kappa shape index (κ2) is 8.58. The van der Waals surface area contributed by atoms with Gasteiger partial charge in [0.05, 0.1) is 11.3 Å². The molecule has 0 saturated heterocycles. The van der Waals surface area contributed by atoms with Crippen LogP contribution in [-0.4, -0.2) is 32.5 Å². The molecule has 0 radical (unpaired) electrons. The number of para-hydroxylation sites is 1. The lowest BCUT2D eigenvalue weighted by molar-refractivity contribution is -0.189. The number of carbonyl (C=O) groups excluding carboxylic acids is 1. The van der Waals surface area contributed by atoms with Gasteiger partial charge in [0.25, 0.3) is 5.91 Å². The molecule has 1 aliphatic carbocycles. The number of halogens is 5. The third kappa shape index (κ3) is 4.52. The maximum absolute atomic E-state index is 15.1. The molecule has 4 rings (SSSR count). The van der Waals surface area contributed by atoms with E-state index in [2.05, 4.69) is 10.4 Å². The highest BCUT2D eigenvalue weighted by molar-refractivity contribution is 6.06. The number of ether oxygens (including phenoxy) is 1. The van der Waals surface area contributed by atoms with E-state index in [1.165, 1.54) is 29.8 Å². The summed E-state index contributed by atoms with van der Waals surface area (Å²) in [5.41, 5.74) is -2.08. The highest BCUT2D eigenvalue weighted by atomic mass is 19.4. The van der Waals surface area contributed by atoms with Gasteiger partial charge in [-0.3, -0.25) is 9.36 Å². The fraction of sp³-hybridized carbons (Fsp3) is 0.318. The van der Waals surface area contributed by atoms with Gasteiger partial charge in [-0.1, -0.05) is 12.1 Å². The number of nitrogens with zero attached hydrogens (tertiary/aromatic N) is 3. The number of amides is 1. The van der Waals surface area contributed by atoms with Gasteiger partial charge in [0, 0.05) is 19.0 Å². The van der Waals surface area contributed by atoms with Gasteiger partial charge in [0.1, 0.15) is 28.9 Å². The topological polar surface area (TPSA) is 78.2 Å². The smallest absolute Gasteiger partial charge is 0.425 e. The number of rotatable bonds is 6. The summed E-state index contributed by atoms with van der Waals surface area (Å²) in [5, 5.41) is 6.31. The van der Waals surface area contributed by atoms with Crippen LogP contribution in [0.25, 0.3) is 5.69 Å². The monoisotopic (exact) mass is 482 g/mol. The van der Waals surface area contributed by atoms with E-state index in [4.69, 9.17) is 4.74 Å². The van der Waals surface area contributed by atoms with Crippen molar-refractivity contribution < 1.29 is 31.5 Å². The fourth-order valence-electron chi connectivity index (χ4n) is 3.30. The standard InChI is InChI=1S/C22H19F5N4O3/c1-11(22(25,26)27)34-18-10-17(31-21(33)30(2)19(29-31)12-7-8-12)15(24)9-13(18)20(32)28-16-6-4-3-5-14(16)23/h3-6,9-12H,7-8H2,1-2H3,(H,28,32)/t11-/m0/s1. The third-order valence-corrected chi connectivity index (χ3v) is 5.37. The van der Waals surface area contributed by atoms with Crippen LogP contribution in [0.5, 0.6) is 5.75 Å². The van der Waals surface area contributed by atoms with Gasteiger partial charge in [-0.15, -0.1) is 5.10 Å². The van der Waals surface area contributed by atoms with Gasteiger partial charge < -0.3 is 10.1 Å². The van der Waals surface area contributed by atoms with Gasteiger partial charge in [0.15, 0.2) is 6.10 Å². The van der Waals surface area contributed by atoms with E-state index in [-0.39, 0.29) is 11.6 Å². The van der Waals surface area contributed by atoms with E-state index in [1.54, 1.807) is 0 Å². The Morgan fingerprint density at radius 3 is 2.47 bits per heavy atom. The van der Waals surface area contributed by atoms with E-state index < -0.39 is 52.5 Å². The van der Waals surface area contributed by atoms with Crippen LogP contribution in [0.4, 0.5) is 27.6 Å². The zero-order chi connectivity index (χ0) is 24.8. The van der Waals surface area contributed by atoms with Crippen molar-refractivity contribution in [3.05, 3.63) is 69.9 Å². The molecule has 1 heterocycles. The molecule has 1 aromatic heterocycles. The first kappa shape index (κ1) is 23.5. The minimum atomic E-state index is -4.80. The van der Waals surface area contributed by atoms with E-state index in [0.29, 0.717) is 23.5 Å². The molecular weight excluding hydrogens is 463 g/mol. The Morgan fingerprint density at radius 1 is 1.18 bits per heavy atom. The van der Waals surface area contributed by atoms with Gasteiger partial charge >= 0.3 is 11.9 Å². The lowest BCUT2D eigenvalue weighted by Crippen LogP contribution is -2.32. The maximum Gasteiger partial charge on any atom is 0.425 e. The van der Waals surface area contributed by atoms with Crippen LogP contribution in [0.3, 0.4) is 0 Å². The van der Waals surface area contributed by atoms with Crippen LogP contribution < -0.4 is 15.7 Å². The second-order valence-electron chi connectivity index (χ2n) is 7.92. The first-order valence-electron chi connectivity index (χ1n) is 10.3. The van der Waals surface area contributed by atoms with E-state index in [9.17, 15) is 27.2 Å². The number of carbonyl (C=O) groups is 1. The van der Waals surface area contributed by atoms with Gasteiger partial charge in [-0.2, -0.15) is 17.9 Å². The number of hydrogen-bond donors (Lipinski definition) is 1. The highest BCUT2D eigenvalue weighted by Gasteiger charge is 2.39. The molecule has 1 aliphatic rings. The molecule has 2 aromatic carbocycles. The number of hydrogen-bond acceptors (Lipinski definition) is 4. The maximum atomic E-state index is 15.1. The van der Waals surface area contributed by atoms with Crippen molar-refractivity contribution in [3.8, 4) is 11.4 Å². The zero-order valence-electron chi connectivity index (χ0n) is 18.0. The lowest BCUT2D eigenvalue weighted by atomic mass is 10.1. The van der Waals surface area contributed by atoms with Crippen LogP contribution >= 0.6 is 0 Å². The third-order valence-electron chi connectivity index (χ3n) is 5.37. The molecule has 0 unspecified atom stereocenters. The molecule has 7 nitrogen and oxygen atoms in total. The summed E-state index contributed by atoms with van der Waals surface area (Å²) in [7, 11) is 1.46. The Bertz CT molecular complexity index is 1310. The number of anilines is 1. The predicted octanol–water partition coefficient (Wildman–Crippen LogP) is 4.31. The van der Waals surface area contributed by atoms with Crippen molar-refractivity contribution in [1.82, 2.24) is 14.3 Å². The minimum Gasteiger partial charge on any atom is -0.480 e. The number of benzene rings is 2. The number of aromatic nitrogens is 3. The molecule has 3 aromatic rings. The molecule has 1 N–H and O–H groups in total. The van der Waals surface area contributed by atoms with Crippen molar-refractivity contribution in [2.75, 3.05) is 5.32 Å². The summed E-state index contributed by atoms with van der Waals surface area (Å²) in [5.74, 6) is -3.21. The molecule has 1 amide bonds. The molecule has 180 valence electrons. The van der Waals surface area contributed by atoms with E-state index in [1.807, 2.05) is 0 Å². The Hall–Kier alpha value is -3.70. The number of alkyl halides is 3. The van der Waals surface area contributed by atoms with Crippen molar-refractivity contribution >= 4 is 11.6 Å². The molecular formula is C22H19F5N4O3. The molecule has 0 aliphatic heterocycles. The van der Waals surface area contributed by atoms with Crippen LogP contribution in [0.15, 0.2) is 41.2 Å². The summed E-state index contributed by atoms with van der Waals surface area (Å²) in [6.45, 7) is 0.708. The molecule has 1 saturated carbocycles. The van der Waals surface area contributed by atoms with Crippen molar-refractivity contribution in [1.29, 1.82) is 0 Å². The van der Waals surface area contributed by atoms with Crippen LogP contribution in [-0.2, 0) is 7.05 Å². The molecule has 1 fully saturated rings. The largest absolute Gasteiger partial charge is 0.480 e. The SMILES string of the molecule is C[C@H](Oc1cc(-n2nc(C3CC3)n(C)c2=O)c(F)cc1C(=O)Nc1ccccc1F)C(F)(F)F. The van der Waals surface area contributed by atoms with E-state index >= 15 is 4.39 Å². The first-order chi connectivity index (χ1) is 16.0. The molecule has 0 spiro atoms. The average Bonchev–Trinajstić information content (AvgIpc) is 3.56. The van der Waals surface area contributed by atoms with Crippen LogP contribution in [0, 0.1) is 11.6 Å². The van der Waals surface area contributed by atoms with Gasteiger partial charge in [-0.05, 0) is 38.0 Å². The summed E-state index contributed by atoms with van der Waals surface area (Å²) in [6, 6.07) is 6.52. The highest BCUT2D eigenvalue weighted by Crippen LogP contribution is 2.38. The van der Waals surface area contributed by atoms with E-state index in [0.717, 1.165) is 25.0 Å². The molecule has 34 heavy (non-hydrogen) atoms. The summed E-state index contributed by atoms with van der Waals surface area (Å²) >= 11 is 0. The predicted molar refractivity (Wildman–Crippen MR) is 111 cm³/mol. The summed E-state index contributed by atoms with van der Waals surface area (Å²) in [6.07, 6.45) is -5.55. The average molecular weight is 482 g/mol. The molecule has 12 heteroatoms. The summed E-state index contributed by atoms with van der Waals surface area (Å²) in [4.78, 5) is 25.4. The first-order valence-corrected chi connectivity index (χ1v) is 10.3. The lowest BCUT2D eigenvalue weighted by Gasteiger charge is -2.20. The van der Waals surface area contributed by atoms with Crippen molar-refractivity contribution in [2.24, 2.45) is 7.05 Å². The van der Waals surface area contributed by atoms with Crippen LogP contribution in [0.1, 0.15) is 41.9 Å². The van der Waals surface area contributed by atoms with Gasteiger partial charge in [0.2, 0.25) is 0 Å². The Labute approximate surface area is 189 Å². The van der Waals surface area contributed by atoms with Gasteiger partial charge in [-0.25, -0.2) is 13.6 Å². The number of nitrogens with one attached hydrogen (secondary N) is 1. The Balaban J connectivity index is 1.79. The fourth-order valence-corrected chi connectivity index (χ4v) is 3.30. The summed E-state index contributed by atoms with van der Waals surface area (Å²) < 4.78 is 75.4. The zero-order valence-corrected chi connectivity index (χ0v) is 18.0. The Kier molecular flexibility index (Phi) is 5.92. The van der Waals surface area contributed by atoms with Crippen LogP contribution in [0.2, 0.25) is 0 Å².